The van der Waals surface area contributed by atoms with Gasteiger partial charge in [0.25, 0.3) is 5.56 Å². The van der Waals surface area contributed by atoms with Crippen LogP contribution in [0, 0.1) is 3.57 Å². The number of rotatable bonds is 1. The maximum absolute atomic E-state index is 12.3. The zero-order chi connectivity index (χ0) is 12.6. The van der Waals surface area contributed by atoms with E-state index in [9.17, 15) is 4.79 Å². The number of nitrogens with zero attached hydrogens (tertiary/aromatic N) is 4. The number of hydrogen-bond acceptors (Lipinski definition) is 3. The van der Waals surface area contributed by atoms with E-state index in [4.69, 9.17) is 0 Å². The first-order chi connectivity index (χ1) is 7.89. The van der Waals surface area contributed by atoms with Crippen molar-refractivity contribution in [3.8, 4) is 5.82 Å². The lowest BCUT2D eigenvalue weighted by atomic mass is 10.1. The quantitative estimate of drug-likeness (QED) is 0.742. The number of hydrogen-bond donors (Lipinski definition) is 0. The zero-order valence-electron chi connectivity index (χ0n) is 9.88. The van der Waals surface area contributed by atoms with E-state index in [1.807, 2.05) is 20.8 Å². The molecule has 0 aromatic carbocycles. The molecule has 0 amide bonds. The second kappa shape index (κ2) is 4.25. The Labute approximate surface area is 113 Å². The summed E-state index contributed by atoms with van der Waals surface area (Å²) in [6.07, 6.45) is 6.78. The summed E-state index contributed by atoms with van der Waals surface area (Å²) in [4.78, 5) is 16.4. The third-order valence-electron chi connectivity index (χ3n) is 2.31. The molecule has 0 unspecified atom stereocenters. The van der Waals surface area contributed by atoms with E-state index in [1.165, 1.54) is 4.68 Å². The Morgan fingerprint density at radius 2 is 2.06 bits per heavy atom. The van der Waals surface area contributed by atoms with Crippen molar-refractivity contribution >= 4 is 22.6 Å². The van der Waals surface area contributed by atoms with Gasteiger partial charge in [-0.1, -0.05) is 0 Å². The molecule has 90 valence electrons. The van der Waals surface area contributed by atoms with E-state index in [2.05, 4.69) is 32.7 Å². The van der Waals surface area contributed by atoms with Crippen molar-refractivity contribution in [2.75, 3.05) is 0 Å². The van der Waals surface area contributed by atoms with Gasteiger partial charge in [0.15, 0.2) is 0 Å². The minimum atomic E-state index is -0.269. The molecule has 0 aliphatic carbocycles. The molecule has 2 aromatic heterocycles. The molecule has 0 radical (unpaired) electrons. The van der Waals surface area contributed by atoms with Crippen LogP contribution in [0.1, 0.15) is 20.8 Å². The van der Waals surface area contributed by atoms with Crippen LogP contribution in [0.15, 0.2) is 29.6 Å². The first-order valence-electron chi connectivity index (χ1n) is 5.18. The first-order valence-corrected chi connectivity index (χ1v) is 6.26. The van der Waals surface area contributed by atoms with Crippen LogP contribution in [0.3, 0.4) is 0 Å². The molecular weight excluding hydrogens is 331 g/mol. The minimum Gasteiger partial charge on any atom is -0.305 e. The van der Waals surface area contributed by atoms with Gasteiger partial charge in [-0.15, -0.1) is 0 Å². The third kappa shape index (κ3) is 2.41. The fraction of sp³-hybridized carbons (Fsp3) is 0.364. The van der Waals surface area contributed by atoms with Crippen molar-refractivity contribution in [2.45, 2.75) is 26.3 Å². The summed E-state index contributed by atoms with van der Waals surface area (Å²) in [7, 11) is 0. The monoisotopic (exact) mass is 344 g/mol. The van der Waals surface area contributed by atoms with Crippen LogP contribution in [0.4, 0.5) is 0 Å². The fourth-order valence-electron chi connectivity index (χ4n) is 1.50. The summed E-state index contributed by atoms with van der Waals surface area (Å²) < 4.78 is 4.13. The summed E-state index contributed by atoms with van der Waals surface area (Å²) in [5, 5.41) is 4.10. The molecule has 17 heavy (non-hydrogen) atoms. The van der Waals surface area contributed by atoms with Crippen molar-refractivity contribution in [3.63, 3.8) is 0 Å². The van der Waals surface area contributed by atoms with Gasteiger partial charge in [0, 0.05) is 24.1 Å². The standard InChI is InChI=1S/C11H13IN4O/c1-11(2,3)15-5-4-13-9(10(15)17)16-7-8(12)6-14-16/h4-7H,1-3H3. The van der Waals surface area contributed by atoms with Crippen LogP contribution < -0.4 is 5.56 Å². The predicted molar refractivity (Wildman–Crippen MR) is 73.3 cm³/mol. The van der Waals surface area contributed by atoms with Crippen molar-refractivity contribution in [1.29, 1.82) is 0 Å². The second-order valence-electron chi connectivity index (χ2n) is 4.70. The van der Waals surface area contributed by atoms with E-state index >= 15 is 0 Å². The van der Waals surface area contributed by atoms with E-state index < -0.39 is 0 Å². The lowest BCUT2D eigenvalue weighted by Gasteiger charge is -2.22. The lowest BCUT2D eigenvalue weighted by molar-refractivity contribution is 0.381. The van der Waals surface area contributed by atoms with Gasteiger partial charge < -0.3 is 4.57 Å². The minimum absolute atomic E-state index is 0.139. The van der Waals surface area contributed by atoms with Crippen molar-refractivity contribution in [1.82, 2.24) is 19.3 Å². The van der Waals surface area contributed by atoms with Gasteiger partial charge in [-0.3, -0.25) is 4.79 Å². The Balaban J connectivity index is 2.62. The van der Waals surface area contributed by atoms with Crippen LogP contribution in [0.5, 0.6) is 0 Å². The highest BCUT2D eigenvalue weighted by Crippen LogP contribution is 2.11. The average Bonchev–Trinajstić information content (AvgIpc) is 2.63. The van der Waals surface area contributed by atoms with Gasteiger partial charge in [-0.25, -0.2) is 9.67 Å². The number of aromatic nitrogens is 4. The Morgan fingerprint density at radius 3 is 2.59 bits per heavy atom. The van der Waals surface area contributed by atoms with Crippen LogP contribution >= 0.6 is 22.6 Å². The van der Waals surface area contributed by atoms with E-state index in [1.54, 1.807) is 29.4 Å². The van der Waals surface area contributed by atoms with Gasteiger partial charge in [0.2, 0.25) is 5.82 Å². The molecule has 0 aliphatic heterocycles. The van der Waals surface area contributed by atoms with E-state index in [0.29, 0.717) is 5.82 Å². The molecule has 0 bridgehead atoms. The Kier molecular flexibility index (Phi) is 3.07. The molecule has 0 spiro atoms. The predicted octanol–water partition coefficient (Wildman–Crippen LogP) is 1.79. The summed E-state index contributed by atoms with van der Waals surface area (Å²) in [6, 6.07) is 0. The smallest absolute Gasteiger partial charge is 0.296 e. The highest BCUT2D eigenvalue weighted by atomic mass is 127. The third-order valence-corrected chi connectivity index (χ3v) is 2.87. The van der Waals surface area contributed by atoms with Crippen LogP contribution in [0.2, 0.25) is 0 Å². The molecule has 0 saturated heterocycles. The SMILES string of the molecule is CC(C)(C)n1ccnc(-n2cc(I)cn2)c1=O. The van der Waals surface area contributed by atoms with Crippen LogP contribution in [-0.2, 0) is 5.54 Å². The maximum atomic E-state index is 12.3. The molecule has 0 aliphatic rings. The fourth-order valence-corrected chi connectivity index (χ4v) is 1.89. The molecule has 0 saturated carbocycles. The van der Waals surface area contributed by atoms with Gasteiger partial charge in [-0.05, 0) is 43.4 Å². The van der Waals surface area contributed by atoms with Crippen LogP contribution in [-0.4, -0.2) is 19.3 Å². The normalized spacial score (nSPS) is 11.8. The number of halogens is 1. The molecular formula is C11H13IN4O. The Hall–Kier alpha value is -1.18. The highest BCUT2D eigenvalue weighted by Gasteiger charge is 2.17. The molecule has 0 atom stereocenters. The molecule has 2 heterocycles. The molecule has 0 fully saturated rings. The highest BCUT2D eigenvalue weighted by molar-refractivity contribution is 14.1. The molecule has 6 heteroatoms. The maximum Gasteiger partial charge on any atom is 0.296 e. The molecule has 2 rings (SSSR count). The topological polar surface area (TPSA) is 52.7 Å². The molecule has 2 aromatic rings. The van der Waals surface area contributed by atoms with Gasteiger partial charge >= 0.3 is 0 Å². The largest absolute Gasteiger partial charge is 0.305 e. The summed E-state index contributed by atoms with van der Waals surface area (Å²) in [6.45, 7) is 5.93. The van der Waals surface area contributed by atoms with E-state index in [0.717, 1.165) is 3.57 Å². The lowest BCUT2D eigenvalue weighted by Crippen LogP contribution is -2.35. The van der Waals surface area contributed by atoms with Gasteiger partial charge in [0.05, 0.1) is 9.77 Å². The van der Waals surface area contributed by atoms with Crippen LogP contribution in [0.25, 0.3) is 5.82 Å². The average molecular weight is 344 g/mol. The van der Waals surface area contributed by atoms with Crippen molar-refractivity contribution in [3.05, 3.63) is 38.7 Å². The summed E-state index contributed by atoms with van der Waals surface area (Å²) in [5.74, 6) is 0.324. The Bertz CT molecular complexity index is 594. The zero-order valence-corrected chi connectivity index (χ0v) is 12.0. The summed E-state index contributed by atoms with van der Waals surface area (Å²) in [5.41, 5.74) is -0.408. The molecule has 5 nitrogen and oxygen atoms in total. The van der Waals surface area contributed by atoms with Gasteiger partial charge in [-0.2, -0.15) is 5.10 Å². The first kappa shape index (κ1) is 12.3. The second-order valence-corrected chi connectivity index (χ2v) is 5.95. The van der Waals surface area contributed by atoms with Gasteiger partial charge in [0.1, 0.15) is 0 Å². The molecule has 0 N–H and O–H groups in total. The Morgan fingerprint density at radius 1 is 1.35 bits per heavy atom. The summed E-state index contributed by atoms with van der Waals surface area (Å²) >= 11 is 2.14. The van der Waals surface area contributed by atoms with Crippen molar-refractivity contribution < 1.29 is 0 Å². The van der Waals surface area contributed by atoms with E-state index in [-0.39, 0.29) is 11.1 Å². The van der Waals surface area contributed by atoms with Crippen molar-refractivity contribution in [2.24, 2.45) is 0 Å².